The summed E-state index contributed by atoms with van der Waals surface area (Å²) in [6.45, 7) is 4.30. The maximum absolute atomic E-state index is 14.0. The van der Waals surface area contributed by atoms with Crippen LogP contribution in [0.5, 0.6) is 0 Å². The number of nitriles is 4. The van der Waals surface area contributed by atoms with Crippen LogP contribution in [0.2, 0.25) is 0 Å². The highest BCUT2D eigenvalue weighted by Crippen LogP contribution is 2.42. The van der Waals surface area contributed by atoms with Gasteiger partial charge in [0.1, 0.15) is 35.4 Å². The van der Waals surface area contributed by atoms with E-state index in [0.29, 0.717) is 12.8 Å². The molecule has 4 rings (SSSR count). The van der Waals surface area contributed by atoms with Crippen molar-refractivity contribution in [2.75, 3.05) is 13.1 Å². The number of imide groups is 2. The lowest BCUT2D eigenvalue weighted by molar-refractivity contribution is 0.0586. The van der Waals surface area contributed by atoms with Crippen LogP contribution >= 0.6 is 0 Å². The Hall–Kier alpha value is -5.58. The Labute approximate surface area is 255 Å². The Bertz CT molecular complexity index is 1660. The van der Waals surface area contributed by atoms with E-state index in [2.05, 4.69) is 0 Å². The molecular weight excluding hydrogens is 556 g/mol. The Balaban J connectivity index is 2.09. The lowest BCUT2D eigenvalue weighted by Crippen LogP contribution is -2.44. The highest BCUT2D eigenvalue weighted by molar-refractivity contribution is 6.35. The quantitative estimate of drug-likeness (QED) is 0.164. The molecule has 2 aliphatic rings. The summed E-state index contributed by atoms with van der Waals surface area (Å²) in [7, 11) is 0. The lowest BCUT2D eigenvalue weighted by Gasteiger charge is -2.34. The van der Waals surface area contributed by atoms with Crippen molar-refractivity contribution >= 4 is 46.6 Å². The second kappa shape index (κ2) is 13.6. The van der Waals surface area contributed by atoms with Crippen molar-refractivity contribution in [3.05, 3.63) is 56.7 Å². The average Bonchev–Trinajstić information content (AvgIpc) is 3.03. The van der Waals surface area contributed by atoms with Gasteiger partial charge in [-0.1, -0.05) is 52.4 Å². The molecule has 10 nitrogen and oxygen atoms in total. The van der Waals surface area contributed by atoms with Gasteiger partial charge in [0.25, 0.3) is 23.6 Å². The number of rotatable bonds is 12. The van der Waals surface area contributed by atoms with E-state index in [9.17, 15) is 40.2 Å². The van der Waals surface area contributed by atoms with Crippen molar-refractivity contribution in [1.82, 2.24) is 9.80 Å². The molecule has 0 aromatic heterocycles. The maximum Gasteiger partial charge on any atom is 0.261 e. The third kappa shape index (κ3) is 5.59. The predicted molar refractivity (Wildman–Crippen MR) is 161 cm³/mol. The Morgan fingerprint density at radius 2 is 0.955 bits per heavy atom. The van der Waals surface area contributed by atoms with Crippen LogP contribution in [0.25, 0.3) is 22.9 Å². The van der Waals surface area contributed by atoms with Crippen LogP contribution in [0.3, 0.4) is 0 Å². The van der Waals surface area contributed by atoms with Gasteiger partial charge >= 0.3 is 0 Å². The number of hydrogen-bond donors (Lipinski definition) is 0. The zero-order valence-corrected chi connectivity index (χ0v) is 24.7. The van der Waals surface area contributed by atoms with Crippen molar-refractivity contribution in [2.24, 2.45) is 0 Å². The van der Waals surface area contributed by atoms with Crippen molar-refractivity contribution in [2.45, 2.75) is 65.2 Å². The van der Waals surface area contributed by atoms with Gasteiger partial charge in [-0.3, -0.25) is 29.0 Å². The molecule has 44 heavy (non-hydrogen) atoms. The van der Waals surface area contributed by atoms with Gasteiger partial charge in [-0.15, -0.1) is 0 Å². The van der Waals surface area contributed by atoms with Crippen molar-refractivity contribution in [1.29, 1.82) is 21.0 Å². The Morgan fingerprint density at radius 3 is 1.27 bits per heavy atom. The summed E-state index contributed by atoms with van der Waals surface area (Å²) in [6, 6.07) is 9.89. The summed E-state index contributed by atoms with van der Waals surface area (Å²) in [4.78, 5) is 58.0. The van der Waals surface area contributed by atoms with Crippen LogP contribution in [0.4, 0.5) is 0 Å². The lowest BCUT2D eigenvalue weighted by atomic mass is 9.80. The van der Waals surface area contributed by atoms with Gasteiger partial charge < -0.3 is 0 Å². The SMILES string of the molecule is CCCCCCN1C(=O)c2cc(C=C(C#N)C#N)c3c4c(cc(C=C(C#N)C#N)c(c24)C1=O)C(=O)N(CCCCCC)C3=O. The molecule has 0 N–H and O–H groups in total. The molecule has 0 spiro atoms. The van der Waals surface area contributed by atoms with Gasteiger partial charge in [-0.25, -0.2) is 0 Å². The molecule has 0 atom stereocenters. The third-order valence-electron chi connectivity index (χ3n) is 7.89. The van der Waals surface area contributed by atoms with Crippen LogP contribution in [0, 0.1) is 45.3 Å². The van der Waals surface area contributed by atoms with E-state index in [1.807, 2.05) is 13.8 Å². The van der Waals surface area contributed by atoms with Gasteiger partial charge in [-0.2, -0.15) is 21.0 Å². The molecule has 0 aliphatic carbocycles. The van der Waals surface area contributed by atoms with E-state index >= 15 is 0 Å². The topological polar surface area (TPSA) is 170 Å². The highest BCUT2D eigenvalue weighted by Gasteiger charge is 2.42. The van der Waals surface area contributed by atoms with E-state index in [4.69, 9.17) is 0 Å². The molecular formula is C34H30N6O4. The molecule has 220 valence electrons. The molecule has 0 unspecified atom stereocenters. The second-order valence-corrected chi connectivity index (χ2v) is 10.7. The first kappa shape index (κ1) is 31.4. The molecule has 0 saturated heterocycles. The fourth-order valence-corrected chi connectivity index (χ4v) is 5.74. The highest BCUT2D eigenvalue weighted by atomic mass is 16.2. The molecule has 4 amide bonds. The molecule has 0 bridgehead atoms. The van der Waals surface area contributed by atoms with Crippen molar-refractivity contribution in [3.63, 3.8) is 0 Å². The van der Waals surface area contributed by atoms with E-state index in [0.717, 1.165) is 48.3 Å². The molecule has 0 saturated carbocycles. The number of nitrogens with zero attached hydrogens (tertiary/aromatic N) is 6. The number of carbonyl (C=O) groups excluding carboxylic acids is 4. The van der Waals surface area contributed by atoms with Gasteiger partial charge in [0.15, 0.2) is 0 Å². The van der Waals surface area contributed by atoms with E-state index in [1.165, 1.54) is 24.3 Å². The molecule has 2 aliphatic heterocycles. The first-order valence-corrected chi connectivity index (χ1v) is 14.7. The normalized spacial score (nSPS) is 13.2. The predicted octanol–water partition coefficient (Wildman–Crippen LogP) is 6.05. The Kier molecular flexibility index (Phi) is 9.69. The van der Waals surface area contributed by atoms with E-state index in [-0.39, 0.29) is 68.4 Å². The van der Waals surface area contributed by atoms with Crippen molar-refractivity contribution < 1.29 is 19.2 Å². The van der Waals surface area contributed by atoms with Crippen LogP contribution < -0.4 is 0 Å². The largest absolute Gasteiger partial charge is 0.274 e. The number of benzene rings is 2. The van der Waals surface area contributed by atoms with Gasteiger partial charge in [0.05, 0.1) is 11.1 Å². The fourth-order valence-electron chi connectivity index (χ4n) is 5.74. The zero-order chi connectivity index (χ0) is 32.0. The van der Waals surface area contributed by atoms with Crippen LogP contribution in [-0.4, -0.2) is 46.5 Å². The van der Waals surface area contributed by atoms with Gasteiger partial charge in [-0.05, 0) is 48.3 Å². The smallest absolute Gasteiger partial charge is 0.261 e. The molecule has 2 heterocycles. The van der Waals surface area contributed by atoms with Gasteiger partial charge in [0.2, 0.25) is 0 Å². The summed E-state index contributed by atoms with van der Waals surface area (Å²) in [5.74, 6) is -2.58. The minimum Gasteiger partial charge on any atom is -0.274 e. The average molecular weight is 587 g/mol. The molecule has 2 aromatic rings. The van der Waals surface area contributed by atoms with E-state index in [1.54, 1.807) is 24.3 Å². The minimum absolute atomic E-state index is 0.00593. The summed E-state index contributed by atoms with van der Waals surface area (Å²) in [5.41, 5.74) is -0.328. The second-order valence-electron chi connectivity index (χ2n) is 10.7. The van der Waals surface area contributed by atoms with Crippen molar-refractivity contribution in [3.8, 4) is 24.3 Å². The van der Waals surface area contributed by atoms with Crippen LogP contribution in [0.15, 0.2) is 23.3 Å². The number of amides is 4. The molecule has 0 fully saturated rings. The number of unbranched alkanes of at least 4 members (excludes halogenated alkanes) is 6. The first-order chi connectivity index (χ1) is 21.3. The van der Waals surface area contributed by atoms with Crippen LogP contribution in [0.1, 0.15) is 118 Å². The van der Waals surface area contributed by atoms with Crippen LogP contribution in [-0.2, 0) is 0 Å². The fraction of sp³-hybridized carbons (Fsp3) is 0.353. The third-order valence-corrected chi connectivity index (χ3v) is 7.89. The number of carbonyl (C=O) groups is 4. The Morgan fingerprint density at radius 1 is 0.591 bits per heavy atom. The number of allylic oxidation sites excluding steroid dienone is 2. The molecule has 10 heteroatoms. The summed E-state index contributed by atoms with van der Waals surface area (Å²) in [5, 5.41) is 38.2. The molecule has 2 aromatic carbocycles. The first-order valence-electron chi connectivity index (χ1n) is 14.7. The van der Waals surface area contributed by atoms with E-state index < -0.39 is 23.6 Å². The number of hydrogen-bond acceptors (Lipinski definition) is 8. The zero-order valence-electron chi connectivity index (χ0n) is 24.7. The van der Waals surface area contributed by atoms with Gasteiger partial charge in [0, 0.05) is 35.0 Å². The molecule has 0 radical (unpaired) electrons. The monoisotopic (exact) mass is 586 g/mol. The summed E-state index contributed by atoms with van der Waals surface area (Å²) >= 11 is 0. The summed E-state index contributed by atoms with van der Waals surface area (Å²) in [6.07, 6.45) is 8.82. The maximum atomic E-state index is 14.0. The summed E-state index contributed by atoms with van der Waals surface area (Å²) < 4.78 is 0. The standard InChI is InChI=1S/C34H30N6O4/c1-3-5-7-9-11-39-31(41)25-15-24(14-22(19-37)20-38)28-30-26(32(42)40(34(28)44)12-10-8-6-4-2)16-23(13-21(17-35)18-36)27(29(25)30)33(39)43/h13-16H,3-12H2,1-2H3. The minimum atomic E-state index is -0.655.